The predicted molar refractivity (Wildman–Crippen MR) is 90.5 cm³/mol. The van der Waals surface area contributed by atoms with E-state index < -0.39 is 37.7 Å². The zero-order valence-electron chi connectivity index (χ0n) is 13.3. The Bertz CT molecular complexity index is 701. The molecule has 0 saturated carbocycles. The predicted octanol–water partition coefficient (Wildman–Crippen LogP) is 2.91. The summed E-state index contributed by atoms with van der Waals surface area (Å²) in [6.45, 7) is 0.186. The number of rotatable bonds is 4. The molecule has 0 aliphatic carbocycles. The van der Waals surface area contributed by atoms with Gasteiger partial charge in [-0.3, -0.25) is 0 Å². The van der Waals surface area contributed by atoms with E-state index in [4.69, 9.17) is 22.1 Å². The van der Waals surface area contributed by atoms with Crippen molar-refractivity contribution in [3.05, 3.63) is 28.8 Å². The number of hydrogen-bond donors (Lipinski definition) is 1. The lowest BCUT2D eigenvalue weighted by molar-refractivity contribution is -0.137. The summed E-state index contributed by atoms with van der Waals surface area (Å²) in [7, 11) is -2.59. The maximum Gasteiger partial charge on any atom is 0.417 e. The topological polar surface area (TPSA) is 72.6 Å². The van der Waals surface area contributed by atoms with Gasteiger partial charge in [-0.15, -0.1) is 12.4 Å². The van der Waals surface area contributed by atoms with Gasteiger partial charge in [-0.1, -0.05) is 11.6 Å². The van der Waals surface area contributed by atoms with Crippen molar-refractivity contribution >= 4 is 34.0 Å². The molecular weight excluding hydrogens is 404 g/mol. The maximum absolute atomic E-state index is 13.0. The van der Waals surface area contributed by atoms with Gasteiger partial charge in [0.1, 0.15) is 0 Å². The highest BCUT2D eigenvalue weighted by Gasteiger charge is 2.39. The number of sulfonamides is 1. The fourth-order valence-electron chi connectivity index (χ4n) is 2.75. The maximum atomic E-state index is 13.0. The molecule has 144 valence electrons. The number of alkyl halides is 3. The van der Waals surface area contributed by atoms with Crippen molar-refractivity contribution in [2.45, 2.75) is 36.1 Å². The van der Waals surface area contributed by atoms with Crippen LogP contribution in [0.5, 0.6) is 0 Å². The molecule has 1 aromatic carbocycles. The Morgan fingerprint density at radius 1 is 1.40 bits per heavy atom. The first-order valence-electron chi connectivity index (χ1n) is 7.22. The molecule has 0 amide bonds. The first kappa shape index (κ1) is 22.5. The van der Waals surface area contributed by atoms with Crippen LogP contribution in [0.3, 0.4) is 0 Å². The van der Waals surface area contributed by atoms with E-state index in [0.29, 0.717) is 18.9 Å². The van der Waals surface area contributed by atoms with Crippen molar-refractivity contribution in [1.29, 1.82) is 0 Å². The van der Waals surface area contributed by atoms with E-state index >= 15 is 0 Å². The number of nitrogens with zero attached hydrogens (tertiary/aromatic N) is 1. The van der Waals surface area contributed by atoms with Crippen LogP contribution in [-0.2, 0) is 20.9 Å². The summed E-state index contributed by atoms with van der Waals surface area (Å²) in [6, 6.07) is 2.05. The van der Waals surface area contributed by atoms with Crippen LogP contribution < -0.4 is 5.73 Å². The summed E-state index contributed by atoms with van der Waals surface area (Å²) < 4.78 is 70.8. The van der Waals surface area contributed by atoms with Crippen LogP contribution in [0, 0.1) is 0 Å². The fourth-order valence-corrected chi connectivity index (χ4v) is 4.67. The van der Waals surface area contributed by atoms with Crippen LogP contribution in [0.2, 0.25) is 5.02 Å². The minimum absolute atomic E-state index is 0. The minimum Gasteiger partial charge on any atom is -0.381 e. The zero-order chi connectivity index (χ0) is 18.1. The third-order valence-corrected chi connectivity index (χ3v) is 6.35. The molecule has 1 fully saturated rings. The van der Waals surface area contributed by atoms with E-state index in [2.05, 4.69) is 0 Å². The number of piperidine rings is 1. The first-order valence-corrected chi connectivity index (χ1v) is 9.04. The summed E-state index contributed by atoms with van der Waals surface area (Å²) in [5.74, 6) is 0. The van der Waals surface area contributed by atoms with Gasteiger partial charge < -0.3 is 10.5 Å². The van der Waals surface area contributed by atoms with Crippen LogP contribution in [0.4, 0.5) is 13.2 Å². The zero-order valence-corrected chi connectivity index (χ0v) is 15.7. The van der Waals surface area contributed by atoms with E-state index in [1.165, 1.54) is 7.11 Å². The number of halogens is 5. The molecule has 2 rings (SSSR count). The molecule has 2 unspecified atom stereocenters. The van der Waals surface area contributed by atoms with Gasteiger partial charge >= 0.3 is 6.18 Å². The van der Waals surface area contributed by atoms with Gasteiger partial charge in [-0.25, -0.2) is 8.42 Å². The minimum atomic E-state index is -4.74. The molecule has 1 aromatic rings. The fraction of sp³-hybridized carbons (Fsp3) is 0.571. The summed E-state index contributed by atoms with van der Waals surface area (Å²) in [5.41, 5.74) is 4.47. The standard InChI is InChI=1S/C14H18ClF3N2O3S.ClH/c1-23-10-4-5-20(9(6-10)8-19)24(21,22)11-2-3-13(15)12(7-11)14(16,17)18;/h2-3,7,9-10H,4-6,8,19H2,1H3;1H. The number of hydrogen-bond acceptors (Lipinski definition) is 4. The third kappa shape index (κ3) is 4.78. The Morgan fingerprint density at radius 3 is 2.56 bits per heavy atom. The van der Waals surface area contributed by atoms with E-state index in [0.717, 1.165) is 16.4 Å². The number of benzene rings is 1. The Labute approximate surface area is 155 Å². The molecule has 25 heavy (non-hydrogen) atoms. The summed E-state index contributed by atoms with van der Waals surface area (Å²) >= 11 is 5.55. The molecule has 5 nitrogen and oxygen atoms in total. The average Bonchev–Trinajstić information content (AvgIpc) is 2.53. The lowest BCUT2D eigenvalue weighted by Gasteiger charge is -2.37. The normalized spacial score (nSPS) is 22.5. The van der Waals surface area contributed by atoms with E-state index in [1.807, 2.05) is 0 Å². The monoisotopic (exact) mass is 422 g/mol. The Hall–Kier alpha value is -0.580. The van der Waals surface area contributed by atoms with Crippen molar-refractivity contribution in [2.24, 2.45) is 5.73 Å². The van der Waals surface area contributed by atoms with Crippen molar-refractivity contribution in [1.82, 2.24) is 4.31 Å². The summed E-state index contributed by atoms with van der Waals surface area (Å²) in [4.78, 5) is -0.450. The van der Waals surface area contributed by atoms with E-state index in [1.54, 1.807) is 0 Å². The van der Waals surface area contributed by atoms with Crippen molar-refractivity contribution in [2.75, 3.05) is 20.2 Å². The van der Waals surface area contributed by atoms with Gasteiger partial charge in [-0.2, -0.15) is 17.5 Å². The smallest absolute Gasteiger partial charge is 0.381 e. The molecule has 1 aliphatic rings. The molecular formula is C14H19Cl2F3N2O3S. The van der Waals surface area contributed by atoms with Crippen molar-refractivity contribution < 1.29 is 26.3 Å². The van der Waals surface area contributed by atoms with Crippen LogP contribution in [0.25, 0.3) is 0 Å². The quantitative estimate of drug-likeness (QED) is 0.809. The average molecular weight is 423 g/mol. The van der Waals surface area contributed by atoms with Gasteiger partial charge in [0.15, 0.2) is 0 Å². The SMILES string of the molecule is COC1CCN(S(=O)(=O)c2ccc(Cl)c(C(F)(F)F)c2)C(CN)C1.Cl. The van der Waals surface area contributed by atoms with Crippen LogP contribution in [0.1, 0.15) is 18.4 Å². The van der Waals surface area contributed by atoms with Crippen LogP contribution >= 0.6 is 24.0 Å². The highest BCUT2D eigenvalue weighted by molar-refractivity contribution is 7.89. The second-order valence-corrected chi connectivity index (χ2v) is 7.82. The Balaban J connectivity index is 0.00000312. The first-order chi connectivity index (χ1) is 11.1. The number of methoxy groups -OCH3 is 1. The van der Waals surface area contributed by atoms with Crippen molar-refractivity contribution in [3.8, 4) is 0 Å². The Morgan fingerprint density at radius 2 is 2.04 bits per heavy atom. The second kappa shape index (κ2) is 8.41. The molecule has 2 atom stereocenters. The highest BCUT2D eigenvalue weighted by Crippen LogP contribution is 2.37. The summed E-state index contributed by atoms with van der Waals surface area (Å²) in [6.07, 6.45) is -4.02. The Kier molecular flexibility index (Phi) is 7.55. The van der Waals surface area contributed by atoms with Gasteiger partial charge in [0.2, 0.25) is 10.0 Å². The molecule has 1 heterocycles. The van der Waals surface area contributed by atoms with Crippen molar-refractivity contribution in [3.63, 3.8) is 0 Å². The number of nitrogens with two attached hydrogens (primary N) is 1. The van der Waals surface area contributed by atoms with Gasteiger partial charge in [0.25, 0.3) is 0 Å². The molecule has 0 aromatic heterocycles. The molecule has 0 radical (unpaired) electrons. The van der Waals surface area contributed by atoms with Gasteiger partial charge in [0, 0.05) is 26.2 Å². The molecule has 1 aliphatic heterocycles. The van der Waals surface area contributed by atoms with Crippen LogP contribution in [0.15, 0.2) is 23.1 Å². The molecule has 2 N–H and O–H groups in total. The third-order valence-electron chi connectivity index (χ3n) is 4.07. The lowest BCUT2D eigenvalue weighted by atomic mass is 10.0. The van der Waals surface area contributed by atoms with Gasteiger partial charge in [-0.05, 0) is 31.0 Å². The van der Waals surface area contributed by atoms with E-state index in [-0.39, 0.29) is 31.6 Å². The molecule has 0 bridgehead atoms. The second-order valence-electron chi connectivity index (χ2n) is 5.53. The van der Waals surface area contributed by atoms with Crippen LogP contribution in [-0.4, -0.2) is 45.1 Å². The lowest BCUT2D eigenvalue weighted by Crippen LogP contribution is -2.51. The molecule has 0 spiro atoms. The largest absolute Gasteiger partial charge is 0.417 e. The highest BCUT2D eigenvalue weighted by atomic mass is 35.5. The number of ether oxygens (including phenoxy) is 1. The molecule has 11 heteroatoms. The summed E-state index contributed by atoms with van der Waals surface area (Å²) in [5, 5.41) is -0.546. The molecule has 1 saturated heterocycles. The van der Waals surface area contributed by atoms with Gasteiger partial charge in [0.05, 0.1) is 21.6 Å². The van der Waals surface area contributed by atoms with E-state index in [9.17, 15) is 21.6 Å².